The van der Waals surface area contributed by atoms with Crippen LogP contribution >= 0.6 is 0 Å². The van der Waals surface area contributed by atoms with Crippen LogP contribution in [0, 0.1) is 0 Å². The van der Waals surface area contributed by atoms with Crippen LogP contribution in [-0.2, 0) is 6.42 Å². The Labute approximate surface area is 124 Å². The SMILES string of the molecule is C1=CC2=C3CNCCN3c3ccccc3-n3ccc(c32)C1. The molecule has 0 atom stereocenters. The van der Waals surface area contributed by atoms with Gasteiger partial charge in [0.1, 0.15) is 0 Å². The van der Waals surface area contributed by atoms with Crippen molar-refractivity contribution in [3.8, 4) is 5.69 Å². The van der Waals surface area contributed by atoms with Crippen molar-refractivity contribution in [3.05, 3.63) is 65.6 Å². The Morgan fingerprint density at radius 3 is 2.90 bits per heavy atom. The lowest BCUT2D eigenvalue weighted by molar-refractivity contribution is 0.649. The topological polar surface area (TPSA) is 20.2 Å². The Morgan fingerprint density at radius 2 is 1.95 bits per heavy atom. The van der Waals surface area contributed by atoms with Crippen molar-refractivity contribution in [2.75, 3.05) is 24.5 Å². The minimum Gasteiger partial charge on any atom is -0.340 e. The normalized spacial score (nSPS) is 19.0. The molecule has 1 fully saturated rings. The molecular formula is C18H17N3. The molecule has 0 radical (unpaired) electrons. The maximum Gasteiger partial charge on any atom is 0.0693 e. The van der Waals surface area contributed by atoms with Crippen molar-refractivity contribution in [2.24, 2.45) is 0 Å². The summed E-state index contributed by atoms with van der Waals surface area (Å²) in [6.07, 6.45) is 7.86. The van der Waals surface area contributed by atoms with Crippen molar-refractivity contribution in [2.45, 2.75) is 6.42 Å². The summed E-state index contributed by atoms with van der Waals surface area (Å²) in [5.41, 5.74) is 8.22. The van der Waals surface area contributed by atoms with Gasteiger partial charge < -0.3 is 14.8 Å². The quantitative estimate of drug-likeness (QED) is 0.798. The molecule has 1 aliphatic carbocycles. The highest BCUT2D eigenvalue weighted by atomic mass is 15.2. The van der Waals surface area contributed by atoms with Crippen LogP contribution in [0.4, 0.5) is 5.69 Å². The van der Waals surface area contributed by atoms with E-state index in [0.717, 1.165) is 26.1 Å². The molecule has 1 N–H and O–H groups in total. The van der Waals surface area contributed by atoms with Crippen molar-refractivity contribution in [1.29, 1.82) is 0 Å². The third-order valence-corrected chi connectivity index (χ3v) is 4.72. The molecular weight excluding hydrogens is 258 g/mol. The molecule has 5 rings (SSSR count). The van der Waals surface area contributed by atoms with Crippen molar-refractivity contribution in [3.63, 3.8) is 0 Å². The van der Waals surface area contributed by atoms with Gasteiger partial charge in [-0.2, -0.15) is 0 Å². The summed E-state index contributed by atoms with van der Waals surface area (Å²) in [6, 6.07) is 11.0. The number of nitrogens with zero attached hydrogens (tertiary/aromatic N) is 2. The Bertz CT molecular complexity index is 795. The molecule has 104 valence electrons. The zero-order chi connectivity index (χ0) is 13.8. The van der Waals surface area contributed by atoms with Crippen molar-refractivity contribution < 1.29 is 0 Å². The maximum absolute atomic E-state index is 3.53. The van der Waals surface area contributed by atoms with Crippen LogP contribution in [-0.4, -0.2) is 24.2 Å². The highest BCUT2D eigenvalue weighted by Gasteiger charge is 2.29. The first-order valence-electron chi connectivity index (χ1n) is 7.61. The molecule has 0 saturated carbocycles. The number of para-hydroxylation sites is 2. The molecule has 0 unspecified atom stereocenters. The minimum absolute atomic E-state index is 0.943. The zero-order valence-electron chi connectivity index (χ0n) is 11.8. The van der Waals surface area contributed by atoms with Crippen LogP contribution < -0.4 is 10.2 Å². The summed E-state index contributed by atoms with van der Waals surface area (Å²) in [5.74, 6) is 0. The van der Waals surface area contributed by atoms with Crippen molar-refractivity contribution in [1.82, 2.24) is 9.88 Å². The monoisotopic (exact) mass is 275 g/mol. The molecule has 3 nitrogen and oxygen atoms in total. The molecule has 3 heteroatoms. The van der Waals surface area contributed by atoms with E-state index >= 15 is 0 Å². The summed E-state index contributed by atoms with van der Waals surface area (Å²) in [4.78, 5) is 2.49. The fraction of sp³-hybridized carbons (Fsp3) is 0.222. The Hall–Kier alpha value is -2.26. The number of rotatable bonds is 0. The molecule has 0 spiro atoms. The first-order chi connectivity index (χ1) is 10.4. The third kappa shape index (κ3) is 1.47. The summed E-state index contributed by atoms with van der Waals surface area (Å²) < 4.78 is 2.37. The first kappa shape index (κ1) is 11.4. The van der Waals surface area contributed by atoms with Gasteiger partial charge in [0, 0.05) is 37.1 Å². The second kappa shape index (κ2) is 4.12. The lowest BCUT2D eigenvalue weighted by Crippen LogP contribution is -2.42. The van der Waals surface area contributed by atoms with E-state index in [2.05, 4.69) is 63.5 Å². The summed E-state index contributed by atoms with van der Waals surface area (Å²) in [7, 11) is 0. The molecule has 21 heavy (non-hydrogen) atoms. The van der Waals surface area contributed by atoms with Gasteiger partial charge in [0.2, 0.25) is 0 Å². The number of piperazine rings is 1. The number of nitrogens with one attached hydrogen (secondary N) is 1. The van der Waals surface area contributed by atoms with Gasteiger partial charge in [-0.05, 0) is 30.2 Å². The largest absolute Gasteiger partial charge is 0.340 e. The van der Waals surface area contributed by atoms with Gasteiger partial charge >= 0.3 is 0 Å². The summed E-state index contributed by atoms with van der Waals surface area (Å²) in [6.45, 7) is 3.01. The molecule has 1 saturated heterocycles. The van der Waals surface area contributed by atoms with Gasteiger partial charge in [-0.1, -0.05) is 24.3 Å². The third-order valence-electron chi connectivity index (χ3n) is 4.72. The average molecular weight is 275 g/mol. The minimum atomic E-state index is 0.943. The number of anilines is 1. The Balaban J connectivity index is 1.91. The highest BCUT2D eigenvalue weighted by molar-refractivity contribution is 5.87. The number of fused-ring (bicyclic) bond motifs is 4. The number of aromatic nitrogens is 1. The molecule has 2 aliphatic heterocycles. The van der Waals surface area contributed by atoms with Crippen molar-refractivity contribution >= 4 is 11.3 Å². The van der Waals surface area contributed by atoms with Crippen LogP contribution in [0.15, 0.2) is 54.4 Å². The average Bonchev–Trinajstić information content (AvgIpc) is 2.94. The molecule has 0 amide bonds. The Kier molecular flexibility index (Phi) is 2.24. The molecule has 1 aromatic carbocycles. The fourth-order valence-electron chi connectivity index (χ4n) is 3.79. The van der Waals surface area contributed by atoms with Crippen LogP contribution in [0.1, 0.15) is 11.3 Å². The van der Waals surface area contributed by atoms with Crippen LogP contribution in [0.2, 0.25) is 0 Å². The lowest BCUT2D eigenvalue weighted by Gasteiger charge is -2.33. The van der Waals surface area contributed by atoms with E-state index < -0.39 is 0 Å². The lowest BCUT2D eigenvalue weighted by atomic mass is 9.97. The summed E-state index contributed by atoms with van der Waals surface area (Å²) >= 11 is 0. The standard InChI is InChI=1S/C18H17N3/c1-2-7-16-15(6-1)20-11-9-19-12-17(20)14-5-3-4-13-8-10-21(16)18(13)14/h1-3,5-8,10,19H,4,9,11-12H2. The van der Waals surface area contributed by atoms with E-state index in [-0.39, 0.29) is 0 Å². The molecule has 3 heterocycles. The van der Waals surface area contributed by atoms with E-state index in [1.807, 2.05) is 0 Å². The Morgan fingerprint density at radius 1 is 1.05 bits per heavy atom. The molecule has 3 aliphatic rings. The number of allylic oxidation sites excluding steroid dienone is 3. The fourth-order valence-corrected chi connectivity index (χ4v) is 3.79. The van der Waals surface area contributed by atoms with E-state index in [1.165, 1.54) is 33.9 Å². The number of hydrogen-bond donors (Lipinski definition) is 1. The predicted molar refractivity (Wildman–Crippen MR) is 85.7 cm³/mol. The second-order valence-electron chi connectivity index (χ2n) is 5.84. The summed E-state index contributed by atoms with van der Waals surface area (Å²) in [5, 5.41) is 3.53. The van der Waals surface area contributed by atoms with Gasteiger partial charge in [0.05, 0.1) is 17.1 Å². The first-order valence-corrected chi connectivity index (χ1v) is 7.61. The predicted octanol–water partition coefficient (Wildman–Crippen LogP) is 2.72. The van der Waals surface area contributed by atoms with E-state index in [9.17, 15) is 0 Å². The van der Waals surface area contributed by atoms with Crippen LogP contribution in [0.5, 0.6) is 0 Å². The second-order valence-corrected chi connectivity index (χ2v) is 5.84. The smallest absolute Gasteiger partial charge is 0.0693 e. The van der Waals surface area contributed by atoms with E-state index in [1.54, 1.807) is 0 Å². The van der Waals surface area contributed by atoms with Gasteiger partial charge in [0.15, 0.2) is 0 Å². The molecule has 0 bridgehead atoms. The van der Waals surface area contributed by atoms with Gasteiger partial charge in [-0.3, -0.25) is 0 Å². The van der Waals surface area contributed by atoms with Gasteiger partial charge in [-0.15, -0.1) is 0 Å². The molecule has 1 aromatic heterocycles. The van der Waals surface area contributed by atoms with Gasteiger partial charge in [-0.25, -0.2) is 0 Å². The maximum atomic E-state index is 3.53. The zero-order valence-corrected chi connectivity index (χ0v) is 11.8. The van der Waals surface area contributed by atoms with Gasteiger partial charge in [0.25, 0.3) is 0 Å². The van der Waals surface area contributed by atoms with Crippen LogP contribution in [0.25, 0.3) is 11.3 Å². The number of benzene rings is 1. The number of hydrogen-bond acceptors (Lipinski definition) is 2. The highest BCUT2D eigenvalue weighted by Crippen LogP contribution is 2.40. The van der Waals surface area contributed by atoms with E-state index in [4.69, 9.17) is 0 Å². The van der Waals surface area contributed by atoms with E-state index in [0.29, 0.717) is 0 Å². The molecule has 2 aromatic rings. The van der Waals surface area contributed by atoms with Crippen LogP contribution in [0.3, 0.4) is 0 Å².